The molecule has 0 saturated carbocycles. The summed E-state index contributed by atoms with van der Waals surface area (Å²) in [6.07, 6.45) is 5.43. The summed E-state index contributed by atoms with van der Waals surface area (Å²) in [6, 6.07) is 9.54. The largest absolute Gasteiger partial charge is 0.305 e. The maximum Gasteiger partial charge on any atom is 0.289 e. The second-order valence-electron chi connectivity index (χ2n) is 4.18. The van der Waals surface area contributed by atoms with Crippen molar-refractivity contribution in [1.29, 1.82) is 0 Å². The third kappa shape index (κ3) is 2.86. The van der Waals surface area contributed by atoms with Gasteiger partial charge in [-0.15, -0.1) is 17.8 Å². The van der Waals surface area contributed by atoms with Gasteiger partial charge in [-0.05, 0) is 29.6 Å². The van der Waals surface area contributed by atoms with Gasteiger partial charge in [-0.25, -0.2) is 0 Å². The van der Waals surface area contributed by atoms with Gasteiger partial charge in [-0.1, -0.05) is 39.3 Å². The maximum absolute atomic E-state index is 12.2. The molecule has 0 atom stereocenters. The van der Waals surface area contributed by atoms with Gasteiger partial charge < -0.3 is 4.57 Å². The van der Waals surface area contributed by atoms with Crippen LogP contribution in [0.3, 0.4) is 0 Å². The summed E-state index contributed by atoms with van der Waals surface area (Å²) in [4.78, 5) is 17.6. The van der Waals surface area contributed by atoms with Crippen molar-refractivity contribution in [3.63, 3.8) is 0 Å². The van der Waals surface area contributed by atoms with E-state index in [1.54, 1.807) is 6.07 Å². The zero-order valence-electron chi connectivity index (χ0n) is 10.7. The molecule has 0 saturated heterocycles. The van der Waals surface area contributed by atoms with Crippen LogP contribution in [0.1, 0.15) is 9.67 Å². The van der Waals surface area contributed by atoms with Gasteiger partial charge in [0, 0.05) is 4.47 Å². The summed E-state index contributed by atoms with van der Waals surface area (Å²) >= 11 is 6.29. The lowest BCUT2D eigenvalue weighted by molar-refractivity contribution is 0.100. The Labute approximate surface area is 137 Å². The van der Waals surface area contributed by atoms with Crippen molar-refractivity contribution in [3.8, 4) is 12.3 Å². The molecule has 3 aromatic rings. The Hall–Kier alpha value is -1.68. The fourth-order valence-corrected chi connectivity index (χ4v) is 4.11. The number of halogens is 1. The SMILES string of the molecule is C#CCn1c(=NC(=O)c2cccs2)sc2cc(Br)ccc21. The quantitative estimate of drug-likeness (QED) is 0.624. The third-order valence-electron chi connectivity index (χ3n) is 2.82. The monoisotopic (exact) mass is 376 g/mol. The molecule has 1 aromatic carbocycles. The number of terminal acetylenes is 1. The highest BCUT2D eigenvalue weighted by Gasteiger charge is 2.09. The Morgan fingerprint density at radius 3 is 3.00 bits per heavy atom. The number of thiophene rings is 1. The van der Waals surface area contributed by atoms with Crippen molar-refractivity contribution < 1.29 is 4.79 Å². The van der Waals surface area contributed by atoms with Crippen molar-refractivity contribution in [2.45, 2.75) is 6.54 Å². The number of hydrogen-bond donors (Lipinski definition) is 0. The zero-order valence-corrected chi connectivity index (χ0v) is 14.0. The molecule has 0 aliphatic rings. The summed E-state index contributed by atoms with van der Waals surface area (Å²) < 4.78 is 3.91. The molecule has 1 amide bonds. The summed E-state index contributed by atoms with van der Waals surface area (Å²) in [7, 11) is 0. The third-order valence-corrected chi connectivity index (χ3v) is 5.22. The van der Waals surface area contributed by atoms with Gasteiger partial charge in [-0.3, -0.25) is 4.79 Å². The van der Waals surface area contributed by atoms with Crippen LogP contribution in [-0.4, -0.2) is 10.5 Å². The molecule has 0 aliphatic carbocycles. The molecule has 6 heteroatoms. The van der Waals surface area contributed by atoms with Crippen molar-refractivity contribution in [3.05, 3.63) is 49.9 Å². The molecule has 0 radical (unpaired) electrons. The van der Waals surface area contributed by atoms with Crippen LogP contribution in [-0.2, 0) is 6.54 Å². The van der Waals surface area contributed by atoms with Crippen molar-refractivity contribution >= 4 is 54.7 Å². The van der Waals surface area contributed by atoms with Gasteiger partial charge in [0.2, 0.25) is 0 Å². The first kappa shape index (κ1) is 14.3. The number of fused-ring (bicyclic) bond motifs is 1. The molecule has 0 N–H and O–H groups in total. The lowest BCUT2D eigenvalue weighted by Crippen LogP contribution is -2.16. The van der Waals surface area contributed by atoms with Gasteiger partial charge in [-0.2, -0.15) is 4.99 Å². The van der Waals surface area contributed by atoms with Crippen LogP contribution in [0.2, 0.25) is 0 Å². The predicted molar refractivity (Wildman–Crippen MR) is 90.6 cm³/mol. The minimum Gasteiger partial charge on any atom is -0.305 e. The van der Waals surface area contributed by atoms with E-state index in [0.717, 1.165) is 14.7 Å². The van der Waals surface area contributed by atoms with Crippen LogP contribution in [0.25, 0.3) is 10.2 Å². The van der Waals surface area contributed by atoms with Crippen LogP contribution >= 0.6 is 38.6 Å². The predicted octanol–water partition coefficient (Wildman–Crippen LogP) is 3.90. The van der Waals surface area contributed by atoms with E-state index in [1.807, 2.05) is 34.2 Å². The molecule has 21 heavy (non-hydrogen) atoms. The van der Waals surface area contributed by atoms with Gasteiger partial charge >= 0.3 is 0 Å². The lowest BCUT2D eigenvalue weighted by Gasteiger charge is -1.99. The van der Waals surface area contributed by atoms with Gasteiger partial charge in [0.25, 0.3) is 5.91 Å². The molecular formula is C15H9BrN2OS2. The average Bonchev–Trinajstić information content (AvgIpc) is 3.08. The van der Waals surface area contributed by atoms with Crippen LogP contribution in [0, 0.1) is 12.3 Å². The van der Waals surface area contributed by atoms with Gasteiger partial charge in [0.1, 0.15) is 0 Å². The Morgan fingerprint density at radius 2 is 2.29 bits per heavy atom. The number of carbonyl (C=O) groups is 1. The molecule has 0 unspecified atom stereocenters. The number of amides is 1. The highest BCUT2D eigenvalue weighted by atomic mass is 79.9. The maximum atomic E-state index is 12.2. The number of aromatic nitrogens is 1. The average molecular weight is 377 g/mol. The smallest absolute Gasteiger partial charge is 0.289 e. The highest BCUT2D eigenvalue weighted by Crippen LogP contribution is 2.22. The number of thiazole rings is 1. The van der Waals surface area contributed by atoms with E-state index in [1.165, 1.54) is 22.7 Å². The van der Waals surface area contributed by atoms with Crippen molar-refractivity contribution in [1.82, 2.24) is 4.57 Å². The number of hydrogen-bond acceptors (Lipinski definition) is 3. The number of nitrogens with zero attached hydrogens (tertiary/aromatic N) is 2. The fraction of sp³-hybridized carbons (Fsp3) is 0.0667. The van der Waals surface area contributed by atoms with E-state index >= 15 is 0 Å². The topological polar surface area (TPSA) is 34.4 Å². The summed E-state index contributed by atoms with van der Waals surface area (Å²) in [5.74, 6) is 2.38. The highest BCUT2D eigenvalue weighted by molar-refractivity contribution is 9.10. The normalized spacial score (nSPS) is 11.7. The summed E-state index contributed by atoms with van der Waals surface area (Å²) in [5, 5.41) is 1.86. The molecule has 0 bridgehead atoms. The Balaban J connectivity index is 2.19. The van der Waals surface area contributed by atoms with E-state index in [4.69, 9.17) is 6.42 Å². The molecule has 3 rings (SSSR count). The van der Waals surface area contributed by atoms with Crippen molar-refractivity contribution in [2.75, 3.05) is 0 Å². The fourth-order valence-electron chi connectivity index (χ4n) is 1.92. The van der Waals surface area contributed by atoms with E-state index in [-0.39, 0.29) is 5.91 Å². The molecular weight excluding hydrogens is 368 g/mol. The molecule has 3 nitrogen and oxygen atoms in total. The van der Waals surface area contributed by atoms with Crippen LogP contribution in [0.4, 0.5) is 0 Å². The van der Waals surface area contributed by atoms with E-state index in [9.17, 15) is 4.79 Å². The molecule has 0 aliphatic heterocycles. The van der Waals surface area contributed by atoms with Gasteiger partial charge in [0.15, 0.2) is 4.80 Å². The van der Waals surface area contributed by atoms with Crippen LogP contribution in [0.15, 0.2) is 45.2 Å². The lowest BCUT2D eigenvalue weighted by atomic mass is 10.3. The van der Waals surface area contributed by atoms with E-state index in [2.05, 4.69) is 26.8 Å². The Kier molecular flexibility index (Phi) is 4.06. The van der Waals surface area contributed by atoms with Gasteiger partial charge in [0.05, 0.1) is 21.6 Å². The van der Waals surface area contributed by atoms with E-state index in [0.29, 0.717) is 16.2 Å². The molecule has 2 aromatic heterocycles. The summed E-state index contributed by atoms with van der Waals surface area (Å²) in [6.45, 7) is 0.387. The van der Waals surface area contributed by atoms with E-state index < -0.39 is 0 Å². The molecule has 0 spiro atoms. The first-order valence-electron chi connectivity index (χ1n) is 6.04. The number of rotatable bonds is 2. The number of benzene rings is 1. The molecule has 0 fully saturated rings. The first-order chi connectivity index (χ1) is 10.2. The van der Waals surface area contributed by atoms with Crippen molar-refractivity contribution in [2.24, 2.45) is 4.99 Å². The minimum atomic E-state index is -0.235. The number of carbonyl (C=O) groups excluding carboxylic acids is 1. The molecule has 2 heterocycles. The Morgan fingerprint density at radius 1 is 1.43 bits per heavy atom. The second-order valence-corrected chi connectivity index (χ2v) is 7.05. The van der Waals surface area contributed by atoms with Crippen LogP contribution in [0.5, 0.6) is 0 Å². The standard InChI is InChI=1S/C15H9BrN2OS2/c1-2-7-18-11-6-5-10(16)9-13(11)21-15(18)17-14(19)12-4-3-8-20-12/h1,3-6,8-9H,7H2. The summed E-state index contributed by atoms with van der Waals surface area (Å²) in [5.41, 5.74) is 0.985. The second kappa shape index (κ2) is 5.98. The molecule has 104 valence electrons. The van der Waals surface area contributed by atoms with Crippen LogP contribution < -0.4 is 4.80 Å². The zero-order chi connectivity index (χ0) is 14.8. The minimum absolute atomic E-state index is 0.235. The Bertz CT molecular complexity index is 913. The first-order valence-corrected chi connectivity index (χ1v) is 8.53.